The van der Waals surface area contributed by atoms with E-state index in [1.54, 1.807) is 13.3 Å². The second kappa shape index (κ2) is 3.96. The predicted octanol–water partition coefficient (Wildman–Crippen LogP) is 1.58. The molecule has 1 N–H and O–H groups in total. The normalized spacial score (nSPS) is 24.7. The lowest BCUT2D eigenvalue weighted by molar-refractivity contribution is 0.279. The lowest BCUT2D eigenvalue weighted by atomic mass is 10.1. The quantitative estimate of drug-likeness (QED) is 0.789. The number of nitrogens with zero attached hydrogens (tertiary/aromatic N) is 1. The van der Waals surface area contributed by atoms with Gasteiger partial charge in [-0.2, -0.15) is 0 Å². The zero-order valence-electron chi connectivity index (χ0n) is 8.31. The van der Waals surface area contributed by atoms with E-state index in [2.05, 4.69) is 4.98 Å². The Morgan fingerprint density at radius 2 is 2.43 bits per heavy atom. The summed E-state index contributed by atoms with van der Waals surface area (Å²) in [5, 5.41) is 8.80. The molecule has 0 aromatic carbocycles. The highest BCUT2D eigenvalue weighted by atomic mass is 16.5. The number of hydrogen-bond donors (Lipinski definition) is 1. The van der Waals surface area contributed by atoms with Gasteiger partial charge in [-0.15, -0.1) is 0 Å². The first-order chi connectivity index (χ1) is 6.85. The van der Waals surface area contributed by atoms with Gasteiger partial charge in [0, 0.05) is 12.8 Å². The van der Waals surface area contributed by atoms with Crippen LogP contribution >= 0.6 is 0 Å². The molecule has 1 saturated carbocycles. The highest BCUT2D eigenvalue weighted by Crippen LogP contribution is 2.49. The van der Waals surface area contributed by atoms with Crippen LogP contribution in [0.1, 0.15) is 24.3 Å². The smallest absolute Gasteiger partial charge is 0.137 e. The van der Waals surface area contributed by atoms with E-state index >= 15 is 0 Å². The number of rotatable bonds is 4. The summed E-state index contributed by atoms with van der Waals surface area (Å²) >= 11 is 0. The van der Waals surface area contributed by atoms with Gasteiger partial charge in [0.1, 0.15) is 5.75 Å². The van der Waals surface area contributed by atoms with Gasteiger partial charge >= 0.3 is 0 Å². The number of methoxy groups -OCH3 is 1. The first kappa shape index (κ1) is 9.46. The second-order valence-electron chi connectivity index (χ2n) is 3.77. The molecule has 1 aromatic heterocycles. The van der Waals surface area contributed by atoms with Gasteiger partial charge in [0.25, 0.3) is 0 Å². The van der Waals surface area contributed by atoms with Crippen LogP contribution in [0.2, 0.25) is 0 Å². The van der Waals surface area contributed by atoms with Crippen molar-refractivity contribution in [2.24, 2.45) is 5.92 Å². The fraction of sp³-hybridized carbons (Fsp3) is 0.545. The summed E-state index contributed by atoms with van der Waals surface area (Å²) in [5.41, 5.74) is 1.24. The molecule has 0 bridgehead atoms. The summed E-state index contributed by atoms with van der Waals surface area (Å²) in [6.45, 7) is 0.290. The van der Waals surface area contributed by atoms with Crippen LogP contribution in [0, 0.1) is 5.92 Å². The monoisotopic (exact) mass is 193 g/mol. The number of ether oxygens (including phenoxy) is 1. The maximum absolute atomic E-state index is 8.80. The summed E-state index contributed by atoms with van der Waals surface area (Å²) in [6, 6.07) is 2.04. The molecule has 14 heavy (non-hydrogen) atoms. The van der Waals surface area contributed by atoms with Crippen LogP contribution in [0.3, 0.4) is 0 Å². The Kier molecular flexibility index (Phi) is 2.68. The number of aliphatic hydroxyl groups is 1. The highest BCUT2D eigenvalue weighted by molar-refractivity contribution is 5.30. The van der Waals surface area contributed by atoms with E-state index in [9.17, 15) is 0 Å². The standard InChI is InChI=1S/C11H15NO2/c1-14-10-4-9(6-12-7-10)11-5-8(11)2-3-13/h4,6-8,11,13H,2-3,5H2,1H3. The van der Waals surface area contributed by atoms with Crippen molar-refractivity contribution >= 4 is 0 Å². The van der Waals surface area contributed by atoms with Crippen LogP contribution in [-0.4, -0.2) is 23.8 Å². The third kappa shape index (κ3) is 1.87. The van der Waals surface area contributed by atoms with Crippen molar-refractivity contribution in [2.45, 2.75) is 18.8 Å². The molecule has 0 saturated heterocycles. The van der Waals surface area contributed by atoms with Gasteiger partial charge in [0.05, 0.1) is 13.3 Å². The van der Waals surface area contributed by atoms with Crippen molar-refractivity contribution in [1.82, 2.24) is 4.98 Å². The minimum Gasteiger partial charge on any atom is -0.495 e. The molecule has 3 nitrogen and oxygen atoms in total. The van der Waals surface area contributed by atoms with Crippen molar-refractivity contribution in [1.29, 1.82) is 0 Å². The molecule has 0 spiro atoms. The maximum atomic E-state index is 8.80. The number of pyridine rings is 1. The zero-order valence-corrected chi connectivity index (χ0v) is 8.31. The third-order valence-electron chi connectivity index (χ3n) is 2.82. The summed E-state index contributed by atoms with van der Waals surface area (Å²) in [6.07, 6.45) is 5.69. The van der Waals surface area contributed by atoms with E-state index in [1.807, 2.05) is 12.3 Å². The minimum absolute atomic E-state index is 0.290. The van der Waals surface area contributed by atoms with Crippen LogP contribution in [0.15, 0.2) is 18.5 Å². The van der Waals surface area contributed by atoms with Crippen molar-refractivity contribution in [3.05, 3.63) is 24.0 Å². The largest absolute Gasteiger partial charge is 0.495 e. The number of hydrogen-bond acceptors (Lipinski definition) is 3. The van der Waals surface area contributed by atoms with Gasteiger partial charge in [0.2, 0.25) is 0 Å². The molecule has 1 aromatic rings. The Hall–Kier alpha value is -1.09. The van der Waals surface area contributed by atoms with Crippen LogP contribution in [0.25, 0.3) is 0 Å². The summed E-state index contributed by atoms with van der Waals surface area (Å²) in [7, 11) is 1.65. The third-order valence-corrected chi connectivity index (χ3v) is 2.82. The number of aliphatic hydroxyl groups excluding tert-OH is 1. The average molecular weight is 193 g/mol. The molecule has 76 valence electrons. The van der Waals surface area contributed by atoms with E-state index in [-0.39, 0.29) is 0 Å². The van der Waals surface area contributed by atoms with Gasteiger partial charge in [-0.25, -0.2) is 0 Å². The van der Waals surface area contributed by atoms with Crippen LogP contribution in [0.5, 0.6) is 5.75 Å². The Morgan fingerprint density at radius 3 is 3.14 bits per heavy atom. The zero-order chi connectivity index (χ0) is 9.97. The molecule has 1 aliphatic rings. The van der Waals surface area contributed by atoms with Gasteiger partial charge in [-0.3, -0.25) is 4.98 Å². The van der Waals surface area contributed by atoms with Crippen LogP contribution in [-0.2, 0) is 0 Å². The Bertz CT molecular complexity index is 314. The Balaban J connectivity index is 2.03. The highest BCUT2D eigenvalue weighted by Gasteiger charge is 2.37. The van der Waals surface area contributed by atoms with Crippen molar-refractivity contribution < 1.29 is 9.84 Å². The lowest BCUT2D eigenvalue weighted by Gasteiger charge is -2.02. The van der Waals surface area contributed by atoms with Crippen LogP contribution in [0.4, 0.5) is 0 Å². The molecule has 2 atom stereocenters. The Labute approximate surface area is 83.7 Å². The van der Waals surface area contributed by atoms with Crippen molar-refractivity contribution in [3.8, 4) is 5.75 Å². The average Bonchev–Trinajstić information content (AvgIpc) is 2.98. The molecule has 1 heterocycles. The molecular formula is C11H15NO2. The van der Waals surface area contributed by atoms with Gasteiger partial charge in [-0.05, 0) is 36.3 Å². The maximum Gasteiger partial charge on any atom is 0.137 e. The first-order valence-electron chi connectivity index (χ1n) is 4.95. The second-order valence-corrected chi connectivity index (χ2v) is 3.77. The molecule has 0 amide bonds. The molecule has 1 aliphatic carbocycles. The SMILES string of the molecule is COc1cncc(C2CC2CCO)c1. The van der Waals surface area contributed by atoms with Gasteiger partial charge < -0.3 is 9.84 Å². The molecule has 2 rings (SSSR count). The van der Waals surface area contributed by atoms with Crippen molar-refractivity contribution in [2.75, 3.05) is 13.7 Å². The topological polar surface area (TPSA) is 42.4 Å². The lowest BCUT2D eigenvalue weighted by Crippen LogP contribution is -1.90. The van der Waals surface area contributed by atoms with E-state index in [0.717, 1.165) is 12.2 Å². The molecule has 0 radical (unpaired) electrons. The van der Waals surface area contributed by atoms with E-state index in [1.165, 1.54) is 12.0 Å². The van der Waals surface area contributed by atoms with E-state index in [4.69, 9.17) is 9.84 Å². The minimum atomic E-state index is 0.290. The fourth-order valence-corrected chi connectivity index (χ4v) is 1.89. The summed E-state index contributed by atoms with van der Waals surface area (Å²) in [4.78, 5) is 4.12. The summed E-state index contributed by atoms with van der Waals surface area (Å²) < 4.78 is 5.12. The van der Waals surface area contributed by atoms with Gasteiger partial charge in [-0.1, -0.05) is 0 Å². The number of aromatic nitrogens is 1. The fourth-order valence-electron chi connectivity index (χ4n) is 1.89. The molecule has 2 unspecified atom stereocenters. The summed E-state index contributed by atoms with van der Waals surface area (Å²) in [5.74, 6) is 2.05. The molecule has 3 heteroatoms. The Morgan fingerprint density at radius 1 is 1.57 bits per heavy atom. The predicted molar refractivity (Wildman–Crippen MR) is 53.3 cm³/mol. The van der Waals surface area contributed by atoms with Crippen molar-refractivity contribution in [3.63, 3.8) is 0 Å². The van der Waals surface area contributed by atoms with Crippen LogP contribution < -0.4 is 4.74 Å². The first-order valence-corrected chi connectivity index (χ1v) is 4.95. The van der Waals surface area contributed by atoms with E-state index in [0.29, 0.717) is 18.4 Å². The van der Waals surface area contributed by atoms with Gasteiger partial charge in [0.15, 0.2) is 0 Å². The molecule has 0 aliphatic heterocycles. The van der Waals surface area contributed by atoms with E-state index < -0.39 is 0 Å². The molecular weight excluding hydrogens is 178 g/mol. The molecule has 1 fully saturated rings.